The molecular weight excluding hydrogens is 304 g/mol. The average molecular weight is 326 g/mol. The van der Waals surface area contributed by atoms with E-state index in [4.69, 9.17) is 9.47 Å². The van der Waals surface area contributed by atoms with Crippen LogP contribution in [0.5, 0.6) is 0 Å². The second-order valence-corrected chi connectivity index (χ2v) is 6.57. The Morgan fingerprint density at radius 2 is 2.17 bits per heavy atom. The highest BCUT2D eigenvalue weighted by atomic mass is 16.5. The summed E-state index contributed by atoms with van der Waals surface area (Å²) < 4.78 is 13.3. The number of fused-ring (bicyclic) bond motifs is 1. The summed E-state index contributed by atoms with van der Waals surface area (Å²) in [5, 5.41) is 9.52. The van der Waals surface area contributed by atoms with E-state index in [-0.39, 0.29) is 0 Å². The molecule has 4 rings (SSSR count). The summed E-state index contributed by atoms with van der Waals surface area (Å²) in [6, 6.07) is 8.10. The Morgan fingerprint density at radius 3 is 2.92 bits per heavy atom. The average Bonchev–Trinajstić information content (AvgIpc) is 3.27. The number of rotatable bonds is 4. The highest BCUT2D eigenvalue weighted by molar-refractivity contribution is 5.60. The molecule has 0 bridgehead atoms. The standard InChI is InChI=1S/C18H22N4O2/c19-11-16-18(20-17-3-1-2-7-22(16)17)21-8-4-15(5-9-21)24-13-14-6-10-23-12-14/h1-3,7,14-15H,4-6,8-10,12-13H2. The molecule has 0 spiro atoms. The Kier molecular flexibility index (Phi) is 4.37. The van der Waals surface area contributed by atoms with E-state index in [9.17, 15) is 5.26 Å². The van der Waals surface area contributed by atoms with Gasteiger partial charge in [0.2, 0.25) is 0 Å². The first-order valence-corrected chi connectivity index (χ1v) is 8.66. The molecule has 2 aromatic rings. The van der Waals surface area contributed by atoms with Gasteiger partial charge < -0.3 is 14.4 Å². The predicted octanol–water partition coefficient (Wildman–Crippen LogP) is 2.23. The first-order valence-electron chi connectivity index (χ1n) is 8.66. The topological polar surface area (TPSA) is 62.8 Å². The van der Waals surface area contributed by atoms with Gasteiger partial charge in [0.25, 0.3) is 0 Å². The van der Waals surface area contributed by atoms with E-state index in [1.54, 1.807) is 0 Å². The Balaban J connectivity index is 1.40. The van der Waals surface area contributed by atoms with Crippen molar-refractivity contribution in [1.29, 1.82) is 5.26 Å². The molecule has 2 aromatic heterocycles. The van der Waals surface area contributed by atoms with Crippen LogP contribution in [0.15, 0.2) is 24.4 Å². The van der Waals surface area contributed by atoms with E-state index in [2.05, 4.69) is 16.0 Å². The molecule has 0 aromatic carbocycles. The van der Waals surface area contributed by atoms with Crippen LogP contribution in [0.3, 0.4) is 0 Å². The van der Waals surface area contributed by atoms with Crippen molar-refractivity contribution in [2.75, 3.05) is 37.8 Å². The third kappa shape index (κ3) is 2.97. The van der Waals surface area contributed by atoms with Gasteiger partial charge in [-0.05, 0) is 31.4 Å². The number of anilines is 1. The van der Waals surface area contributed by atoms with E-state index in [0.29, 0.717) is 17.7 Å². The van der Waals surface area contributed by atoms with Crippen LogP contribution in [0, 0.1) is 17.2 Å². The molecule has 6 nitrogen and oxygen atoms in total. The predicted molar refractivity (Wildman–Crippen MR) is 90.0 cm³/mol. The fourth-order valence-electron chi connectivity index (χ4n) is 3.53. The molecule has 1 unspecified atom stereocenters. The first kappa shape index (κ1) is 15.4. The fourth-order valence-corrected chi connectivity index (χ4v) is 3.53. The number of nitrogens with zero attached hydrogens (tertiary/aromatic N) is 4. The van der Waals surface area contributed by atoms with Crippen LogP contribution in [0.1, 0.15) is 25.0 Å². The molecular formula is C18H22N4O2. The number of pyridine rings is 1. The van der Waals surface area contributed by atoms with Crippen molar-refractivity contribution in [3.05, 3.63) is 30.1 Å². The Labute approximate surface area is 141 Å². The van der Waals surface area contributed by atoms with Gasteiger partial charge in [-0.25, -0.2) is 4.98 Å². The second kappa shape index (κ2) is 6.80. The maximum absolute atomic E-state index is 9.52. The maximum atomic E-state index is 9.52. The lowest BCUT2D eigenvalue weighted by atomic mass is 10.1. The van der Waals surface area contributed by atoms with Crippen molar-refractivity contribution in [3.8, 4) is 6.07 Å². The number of ether oxygens (including phenoxy) is 2. The van der Waals surface area contributed by atoms with Crippen molar-refractivity contribution in [2.24, 2.45) is 5.92 Å². The first-order chi connectivity index (χ1) is 11.8. The molecule has 2 aliphatic rings. The van der Waals surface area contributed by atoms with Crippen LogP contribution in [0.2, 0.25) is 0 Å². The monoisotopic (exact) mass is 326 g/mol. The normalized spacial score (nSPS) is 22.1. The number of aromatic nitrogens is 2. The zero-order chi connectivity index (χ0) is 16.4. The number of imidazole rings is 1. The van der Waals surface area contributed by atoms with E-state index in [1.807, 2.05) is 28.8 Å². The summed E-state index contributed by atoms with van der Waals surface area (Å²) in [5.41, 5.74) is 1.44. The van der Waals surface area contributed by atoms with Crippen LogP contribution in [0.4, 0.5) is 5.82 Å². The van der Waals surface area contributed by atoms with Gasteiger partial charge in [0.05, 0.1) is 19.3 Å². The summed E-state index contributed by atoms with van der Waals surface area (Å²) in [5.74, 6) is 1.36. The summed E-state index contributed by atoms with van der Waals surface area (Å²) in [6.07, 6.45) is 5.28. The molecule has 126 valence electrons. The Hall–Kier alpha value is -2.10. The molecule has 2 saturated heterocycles. The minimum atomic E-state index is 0.310. The van der Waals surface area contributed by atoms with Gasteiger partial charge in [0, 0.05) is 31.8 Å². The summed E-state index contributed by atoms with van der Waals surface area (Å²) >= 11 is 0. The van der Waals surface area contributed by atoms with Crippen LogP contribution in [-0.4, -0.2) is 48.4 Å². The van der Waals surface area contributed by atoms with Gasteiger partial charge in [-0.15, -0.1) is 0 Å². The van der Waals surface area contributed by atoms with Crippen LogP contribution >= 0.6 is 0 Å². The lowest BCUT2D eigenvalue weighted by Crippen LogP contribution is -2.38. The highest BCUT2D eigenvalue weighted by Crippen LogP contribution is 2.26. The number of piperidine rings is 1. The maximum Gasteiger partial charge on any atom is 0.169 e. The smallest absolute Gasteiger partial charge is 0.169 e. The van der Waals surface area contributed by atoms with Gasteiger partial charge in [-0.2, -0.15) is 5.26 Å². The van der Waals surface area contributed by atoms with Crippen LogP contribution < -0.4 is 4.90 Å². The fraction of sp³-hybridized carbons (Fsp3) is 0.556. The molecule has 0 N–H and O–H groups in total. The SMILES string of the molecule is N#Cc1c(N2CCC(OCC3CCOC3)CC2)nc2ccccn12. The van der Waals surface area contributed by atoms with E-state index >= 15 is 0 Å². The van der Waals surface area contributed by atoms with Gasteiger partial charge in [-0.3, -0.25) is 4.40 Å². The van der Waals surface area contributed by atoms with Crippen molar-refractivity contribution < 1.29 is 9.47 Å². The van der Waals surface area contributed by atoms with E-state index in [0.717, 1.165) is 63.6 Å². The summed E-state index contributed by atoms with van der Waals surface area (Å²) in [7, 11) is 0. The van der Waals surface area contributed by atoms with E-state index < -0.39 is 0 Å². The largest absolute Gasteiger partial charge is 0.381 e. The summed E-state index contributed by atoms with van der Waals surface area (Å²) in [6.45, 7) is 4.28. The minimum Gasteiger partial charge on any atom is -0.381 e. The molecule has 0 aliphatic carbocycles. The van der Waals surface area contributed by atoms with Crippen molar-refractivity contribution in [2.45, 2.75) is 25.4 Å². The minimum absolute atomic E-state index is 0.310. The zero-order valence-electron chi connectivity index (χ0n) is 13.7. The lowest BCUT2D eigenvalue weighted by molar-refractivity contribution is 0.0131. The molecule has 0 amide bonds. The highest BCUT2D eigenvalue weighted by Gasteiger charge is 2.26. The van der Waals surface area contributed by atoms with Crippen molar-refractivity contribution >= 4 is 11.5 Å². The quantitative estimate of drug-likeness (QED) is 0.862. The van der Waals surface area contributed by atoms with Crippen LogP contribution in [-0.2, 0) is 9.47 Å². The van der Waals surface area contributed by atoms with Gasteiger partial charge in [0.1, 0.15) is 11.7 Å². The number of hydrogen-bond acceptors (Lipinski definition) is 5. The van der Waals surface area contributed by atoms with Crippen LogP contribution in [0.25, 0.3) is 5.65 Å². The van der Waals surface area contributed by atoms with Gasteiger partial charge in [0.15, 0.2) is 11.5 Å². The van der Waals surface area contributed by atoms with Gasteiger partial charge in [-0.1, -0.05) is 6.07 Å². The lowest BCUT2D eigenvalue weighted by Gasteiger charge is -2.32. The molecule has 24 heavy (non-hydrogen) atoms. The second-order valence-electron chi connectivity index (χ2n) is 6.57. The molecule has 0 radical (unpaired) electrons. The van der Waals surface area contributed by atoms with E-state index in [1.165, 1.54) is 0 Å². The molecule has 4 heterocycles. The molecule has 0 saturated carbocycles. The number of nitriles is 1. The number of hydrogen-bond donors (Lipinski definition) is 0. The third-order valence-electron chi connectivity index (χ3n) is 4.95. The van der Waals surface area contributed by atoms with Gasteiger partial charge >= 0.3 is 0 Å². The summed E-state index contributed by atoms with van der Waals surface area (Å²) in [4.78, 5) is 6.86. The Bertz CT molecular complexity index is 737. The molecule has 2 fully saturated rings. The molecule has 2 aliphatic heterocycles. The zero-order valence-corrected chi connectivity index (χ0v) is 13.7. The molecule has 1 atom stereocenters. The third-order valence-corrected chi connectivity index (χ3v) is 4.95. The van der Waals surface area contributed by atoms with Crippen molar-refractivity contribution in [3.63, 3.8) is 0 Å². The van der Waals surface area contributed by atoms with Crippen molar-refractivity contribution in [1.82, 2.24) is 9.38 Å². The Morgan fingerprint density at radius 1 is 1.29 bits per heavy atom. The molecule has 6 heteroatoms.